The minimum atomic E-state index is -0.115. The molecular formula is C20H24N4O2. The highest BCUT2D eigenvalue weighted by atomic mass is 16.3. The van der Waals surface area contributed by atoms with Crippen molar-refractivity contribution in [2.45, 2.75) is 13.1 Å². The lowest BCUT2D eigenvalue weighted by Crippen LogP contribution is -2.42. The number of furan rings is 1. The first-order valence-corrected chi connectivity index (χ1v) is 8.65. The third-order valence-corrected chi connectivity index (χ3v) is 4.09. The van der Waals surface area contributed by atoms with Crippen LogP contribution >= 0.6 is 0 Å². The highest BCUT2D eigenvalue weighted by Crippen LogP contribution is 2.18. The Morgan fingerprint density at radius 3 is 2.73 bits per heavy atom. The molecule has 1 aromatic carbocycles. The normalized spacial score (nSPS) is 11.0. The van der Waals surface area contributed by atoms with E-state index in [-0.39, 0.29) is 6.03 Å². The summed E-state index contributed by atoms with van der Waals surface area (Å²) < 4.78 is 5.76. The molecule has 0 unspecified atom stereocenters. The van der Waals surface area contributed by atoms with Gasteiger partial charge in [0.2, 0.25) is 0 Å². The molecular weight excluding hydrogens is 328 g/mol. The fraction of sp³-hybridized carbons (Fsp3) is 0.300. The summed E-state index contributed by atoms with van der Waals surface area (Å²) in [7, 11) is 3.99. The number of carbonyl (C=O) groups excluding carboxylic acids is 1. The molecule has 0 aliphatic rings. The SMILES string of the molecule is CN(C)CCN(Cc1cccnc1)C(=O)NCc1cc2ccccc2o1. The molecule has 2 aromatic heterocycles. The van der Waals surface area contributed by atoms with Gasteiger partial charge in [0.15, 0.2) is 0 Å². The molecule has 0 fully saturated rings. The Morgan fingerprint density at radius 1 is 1.15 bits per heavy atom. The van der Waals surface area contributed by atoms with Crippen molar-refractivity contribution < 1.29 is 9.21 Å². The van der Waals surface area contributed by atoms with Gasteiger partial charge in [-0.2, -0.15) is 0 Å². The van der Waals surface area contributed by atoms with E-state index in [1.807, 2.05) is 56.6 Å². The Kier molecular flexibility index (Phi) is 5.86. The highest BCUT2D eigenvalue weighted by molar-refractivity contribution is 5.78. The van der Waals surface area contributed by atoms with Gasteiger partial charge < -0.3 is 19.5 Å². The average Bonchev–Trinajstić information content (AvgIpc) is 3.07. The van der Waals surface area contributed by atoms with Crippen LogP contribution in [0.4, 0.5) is 4.79 Å². The van der Waals surface area contributed by atoms with Crippen molar-refractivity contribution in [2.24, 2.45) is 0 Å². The smallest absolute Gasteiger partial charge is 0.318 e. The Bertz CT molecular complexity index is 812. The highest BCUT2D eigenvalue weighted by Gasteiger charge is 2.15. The van der Waals surface area contributed by atoms with E-state index in [4.69, 9.17) is 4.42 Å². The molecule has 6 nitrogen and oxygen atoms in total. The summed E-state index contributed by atoms with van der Waals surface area (Å²) >= 11 is 0. The van der Waals surface area contributed by atoms with Crippen LogP contribution < -0.4 is 5.32 Å². The van der Waals surface area contributed by atoms with E-state index in [9.17, 15) is 4.79 Å². The Morgan fingerprint density at radius 2 is 2.00 bits per heavy atom. The molecule has 0 radical (unpaired) electrons. The van der Waals surface area contributed by atoms with Crippen LogP contribution in [0.2, 0.25) is 0 Å². The van der Waals surface area contributed by atoms with Crippen LogP contribution in [-0.4, -0.2) is 48.0 Å². The van der Waals surface area contributed by atoms with Gasteiger partial charge in [-0.05, 0) is 37.9 Å². The summed E-state index contributed by atoms with van der Waals surface area (Å²) in [5.74, 6) is 0.744. The first-order valence-electron chi connectivity index (χ1n) is 8.65. The number of benzene rings is 1. The lowest BCUT2D eigenvalue weighted by molar-refractivity contribution is 0.187. The Labute approximate surface area is 153 Å². The second-order valence-electron chi connectivity index (χ2n) is 6.50. The number of pyridine rings is 1. The second-order valence-corrected chi connectivity index (χ2v) is 6.50. The van der Waals surface area contributed by atoms with Crippen LogP contribution in [0.25, 0.3) is 11.0 Å². The molecule has 0 spiro atoms. The molecule has 1 N–H and O–H groups in total. The van der Waals surface area contributed by atoms with Gasteiger partial charge in [-0.3, -0.25) is 4.98 Å². The predicted octanol–water partition coefficient (Wildman–Crippen LogP) is 3.10. The molecule has 26 heavy (non-hydrogen) atoms. The quantitative estimate of drug-likeness (QED) is 0.710. The number of amides is 2. The zero-order valence-corrected chi connectivity index (χ0v) is 15.2. The topological polar surface area (TPSA) is 61.6 Å². The van der Waals surface area contributed by atoms with E-state index in [0.29, 0.717) is 19.6 Å². The lowest BCUT2D eigenvalue weighted by atomic mass is 10.2. The number of hydrogen-bond donors (Lipinski definition) is 1. The van der Waals surface area contributed by atoms with Gasteiger partial charge in [0.25, 0.3) is 0 Å². The maximum Gasteiger partial charge on any atom is 0.318 e. The van der Waals surface area contributed by atoms with Gasteiger partial charge >= 0.3 is 6.03 Å². The minimum absolute atomic E-state index is 0.115. The number of urea groups is 1. The van der Waals surface area contributed by atoms with E-state index in [1.54, 1.807) is 17.3 Å². The van der Waals surface area contributed by atoms with Crippen molar-refractivity contribution in [2.75, 3.05) is 27.2 Å². The largest absolute Gasteiger partial charge is 0.459 e. The first-order chi connectivity index (χ1) is 12.6. The van der Waals surface area contributed by atoms with Crippen molar-refractivity contribution in [3.8, 4) is 0 Å². The third-order valence-electron chi connectivity index (χ3n) is 4.09. The van der Waals surface area contributed by atoms with E-state index < -0.39 is 0 Å². The molecule has 0 aliphatic heterocycles. The Balaban J connectivity index is 1.63. The molecule has 3 aromatic rings. The van der Waals surface area contributed by atoms with Gasteiger partial charge in [0.05, 0.1) is 6.54 Å². The number of carbonyl (C=O) groups is 1. The van der Waals surface area contributed by atoms with Crippen molar-refractivity contribution in [3.63, 3.8) is 0 Å². The number of aromatic nitrogens is 1. The molecule has 2 heterocycles. The number of rotatable bonds is 7. The molecule has 0 saturated carbocycles. The summed E-state index contributed by atoms with van der Waals surface area (Å²) in [6.45, 7) is 2.30. The van der Waals surface area contributed by atoms with E-state index in [0.717, 1.165) is 28.8 Å². The van der Waals surface area contributed by atoms with Crippen molar-refractivity contribution in [1.29, 1.82) is 0 Å². The summed E-state index contributed by atoms with van der Waals surface area (Å²) in [5.41, 5.74) is 1.83. The number of likely N-dealkylation sites (N-methyl/N-ethyl adjacent to an activating group) is 1. The van der Waals surface area contributed by atoms with Crippen molar-refractivity contribution >= 4 is 17.0 Å². The summed E-state index contributed by atoms with van der Waals surface area (Å²) in [5, 5.41) is 4.00. The van der Waals surface area contributed by atoms with E-state index in [1.165, 1.54) is 0 Å². The van der Waals surface area contributed by atoms with E-state index in [2.05, 4.69) is 15.2 Å². The Hall–Kier alpha value is -2.86. The molecule has 0 aliphatic carbocycles. The number of para-hydroxylation sites is 1. The summed E-state index contributed by atoms with van der Waals surface area (Å²) in [6.07, 6.45) is 3.52. The molecule has 3 rings (SSSR count). The van der Waals surface area contributed by atoms with Crippen LogP contribution in [0, 0.1) is 0 Å². The van der Waals surface area contributed by atoms with Crippen LogP contribution in [0.15, 0.2) is 59.3 Å². The zero-order valence-electron chi connectivity index (χ0n) is 15.2. The number of fused-ring (bicyclic) bond motifs is 1. The van der Waals surface area contributed by atoms with Gasteiger partial charge in [0, 0.05) is 37.4 Å². The average molecular weight is 352 g/mol. The van der Waals surface area contributed by atoms with Crippen LogP contribution in [0.5, 0.6) is 0 Å². The zero-order chi connectivity index (χ0) is 18.4. The van der Waals surface area contributed by atoms with Gasteiger partial charge in [0.1, 0.15) is 11.3 Å². The maximum atomic E-state index is 12.7. The van der Waals surface area contributed by atoms with Crippen LogP contribution in [0.3, 0.4) is 0 Å². The number of nitrogens with zero attached hydrogens (tertiary/aromatic N) is 3. The van der Waals surface area contributed by atoms with Gasteiger partial charge in [-0.25, -0.2) is 4.79 Å². The predicted molar refractivity (Wildman–Crippen MR) is 102 cm³/mol. The van der Waals surface area contributed by atoms with E-state index >= 15 is 0 Å². The van der Waals surface area contributed by atoms with Crippen molar-refractivity contribution in [3.05, 3.63) is 66.2 Å². The number of hydrogen-bond acceptors (Lipinski definition) is 4. The van der Waals surface area contributed by atoms with Gasteiger partial charge in [-0.15, -0.1) is 0 Å². The summed E-state index contributed by atoms with van der Waals surface area (Å²) in [6, 6.07) is 13.5. The molecule has 6 heteroatoms. The van der Waals surface area contributed by atoms with Gasteiger partial charge in [-0.1, -0.05) is 24.3 Å². The molecule has 0 atom stereocenters. The molecule has 2 amide bonds. The number of nitrogens with one attached hydrogen (secondary N) is 1. The molecule has 136 valence electrons. The molecule has 0 saturated heterocycles. The maximum absolute atomic E-state index is 12.7. The lowest BCUT2D eigenvalue weighted by Gasteiger charge is -2.24. The molecule has 0 bridgehead atoms. The summed E-state index contributed by atoms with van der Waals surface area (Å²) in [4.78, 5) is 20.7. The monoisotopic (exact) mass is 352 g/mol. The van der Waals surface area contributed by atoms with Crippen molar-refractivity contribution in [1.82, 2.24) is 20.1 Å². The first kappa shape index (κ1) is 17.9. The second kappa shape index (κ2) is 8.49. The van der Waals surface area contributed by atoms with Crippen LogP contribution in [0.1, 0.15) is 11.3 Å². The standard InChI is InChI=1S/C20H24N4O2/c1-23(2)10-11-24(15-16-6-5-9-21-13-16)20(25)22-14-18-12-17-7-3-4-8-19(17)26-18/h3-9,12-13H,10-11,14-15H2,1-2H3,(H,22,25). The fourth-order valence-electron chi connectivity index (χ4n) is 2.68. The fourth-order valence-corrected chi connectivity index (χ4v) is 2.68. The minimum Gasteiger partial charge on any atom is -0.459 e. The van der Waals surface area contributed by atoms with Crippen LogP contribution in [-0.2, 0) is 13.1 Å². The third kappa shape index (κ3) is 4.83.